The first-order valence-electron chi connectivity index (χ1n) is 7.79. The molecule has 2 aromatic carbocycles. The van der Waals surface area contributed by atoms with Crippen LogP contribution in [0.5, 0.6) is 5.75 Å². The van der Waals surface area contributed by atoms with Gasteiger partial charge in [0, 0.05) is 25.8 Å². The molecule has 0 aliphatic carbocycles. The normalized spacial score (nSPS) is 16.6. The van der Waals surface area contributed by atoms with Gasteiger partial charge in [-0.15, -0.1) is 5.10 Å². The summed E-state index contributed by atoms with van der Waals surface area (Å²) in [6.45, 7) is 0. The van der Waals surface area contributed by atoms with Gasteiger partial charge >= 0.3 is 0 Å². The number of aromatic hydroxyl groups is 1. The number of thioether (sulfide) groups is 1. The van der Waals surface area contributed by atoms with Gasteiger partial charge in [-0.1, -0.05) is 23.2 Å². The van der Waals surface area contributed by atoms with Gasteiger partial charge in [0.25, 0.3) is 11.6 Å². The fourth-order valence-corrected chi connectivity index (χ4v) is 5.41. The number of phenolic OH excluding ortho intramolecular Hbond substituents is 1. The standard InChI is InChI=1S/C17H8Cl2I2N4O4S/c18-10-5-11(19)13(25(28)29)2-7(10)3-14-16(27)23-17(30-14)24-22-6-8-1-9(20)4-12(21)15(8)26/h1-6,26H,(H,23,24,27)/b14-3+,22-6-. The van der Waals surface area contributed by atoms with E-state index in [2.05, 4.69) is 38.1 Å². The maximum absolute atomic E-state index is 12.2. The number of amides is 1. The molecule has 1 heterocycles. The lowest BCUT2D eigenvalue weighted by atomic mass is 10.2. The molecule has 0 spiro atoms. The highest BCUT2D eigenvalue weighted by atomic mass is 127. The minimum atomic E-state index is -0.633. The van der Waals surface area contributed by atoms with Crippen molar-refractivity contribution in [1.29, 1.82) is 0 Å². The summed E-state index contributed by atoms with van der Waals surface area (Å²) >= 11 is 17.0. The summed E-state index contributed by atoms with van der Waals surface area (Å²) in [5, 5.41) is 31.8. The lowest BCUT2D eigenvalue weighted by Crippen LogP contribution is -2.19. The van der Waals surface area contributed by atoms with Crippen LogP contribution in [-0.2, 0) is 4.79 Å². The van der Waals surface area contributed by atoms with Gasteiger partial charge in [0.1, 0.15) is 10.8 Å². The number of carbonyl (C=O) groups excluding carboxylic acids is 1. The van der Waals surface area contributed by atoms with Crippen molar-refractivity contribution >= 4 is 109 Å². The number of nitrogens with zero attached hydrogens (tertiary/aromatic N) is 3. The number of rotatable bonds is 4. The van der Waals surface area contributed by atoms with Gasteiger partial charge < -0.3 is 5.11 Å². The topological polar surface area (TPSA) is 117 Å². The second-order valence-electron chi connectivity index (χ2n) is 5.62. The van der Waals surface area contributed by atoms with Gasteiger partial charge in [-0.2, -0.15) is 5.10 Å². The van der Waals surface area contributed by atoms with E-state index in [1.165, 1.54) is 24.4 Å². The molecule has 1 saturated heterocycles. The van der Waals surface area contributed by atoms with E-state index in [4.69, 9.17) is 23.2 Å². The molecule has 30 heavy (non-hydrogen) atoms. The first kappa shape index (κ1) is 23.2. The van der Waals surface area contributed by atoms with Crippen molar-refractivity contribution < 1.29 is 14.8 Å². The van der Waals surface area contributed by atoms with Crippen LogP contribution in [0.25, 0.3) is 6.08 Å². The SMILES string of the molecule is O=C1N/C(=N\N=C/c2cc(I)cc(I)c2O)S/C1=C/c1cc([N+](=O)[O-])c(Cl)cc1Cl. The van der Waals surface area contributed by atoms with Crippen LogP contribution in [0.3, 0.4) is 0 Å². The van der Waals surface area contributed by atoms with Gasteiger partial charge in [-0.25, -0.2) is 0 Å². The van der Waals surface area contributed by atoms with Crippen molar-refractivity contribution in [2.24, 2.45) is 10.2 Å². The summed E-state index contributed by atoms with van der Waals surface area (Å²) in [7, 11) is 0. The van der Waals surface area contributed by atoms with Gasteiger partial charge in [0.15, 0.2) is 5.17 Å². The van der Waals surface area contributed by atoms with Crippen molar-refractivity contribution in [2.75, 3.05) is 0 Å². The Labute approximate surface area is 211 Å². The van der Waals surface area contributed by atoms with Crippen molar-refractivity contribution in [2.45, 2.75) is 0 Å². The number of hydrogen-bond donors (Lipinski definition) is 2. The first-order chi connectivity index (χ1) is 14.2. The minimum Gasteiger partial charge on any atom is -0.506 e. The van der Waals surface area contributed by atoms with Gasteiger partial charge in [0.05, 0.1) is 19.6 Å². The molecule has 0 bridgehead atoms. The number of phenols is 1. The van der Waals surface area contributed by atoms with Crippen LogP contribution in [0.15, 0.2) is 39.4 Å². The van der Waals surface area contributed by atoms with Crippen LogP contribution in [0, 0.1) is 17.3 Å². The van der Waals surface area contributed by atoms with Gasteiger partial charge in [-0.05, 0) is 81.2 Å². The summed E-state index contributed by atoms with van der Waals surface area (Å²) in [4.78, 5) is 22.8. The lowest BCUT2D eigenvalue weighted by molar-refractivity contribution is -0.384. The van der Waals surface area contributed by atoms with Crippen molar-refractivity contribution in [3.8, 4) is 5.75 Å². The van der Waals surface area contributed by atoms with Crippen LogP contribution >= 0.6 is 80.1 Å². The summed E-state index contributed by atoms with van der Waals surface area (Å²) in [5.41, 5.74) is 0.441. The molecule has 1 amide bonds. The van der Waals surface area contributed by atoms with E-state index >= 15 is 0 Å². The molecule has 0 atom stereocenters. The van der Waals surface area contributed by atoms with E-state index in [1.54, 1.807) is 6.07 Å². The molecular formula is C17H8Cl2I2N4O4S. The molecule has 1 fully saturated rings. The molecule has 13 heteroatoms. The number of nitrogens with one attached hydrogen (secondary N) is 1. The number of halogens is 4. The van der Waals surface area contributed by atoms with Crippen molar-refractivity contribution in [3.05, 3.63) is 67.6 Å². The highest BCUT2D eigenvalue weighted by molar-refractivity contribution is 14.1. The van der Waals surface area contributed by atoms with Crippen molar-refractivity contribution in [1.82, 2.24) is 5.32 Å². The summed E-state index contributed by atoms with van der Waals surface area (Å²) in [6.07, 6.45) is 2.78. The number of hydrogen-bond acceptors (Lipinski definition) is 7. The van der Waals surface area contributed by atoms with E-state index in [0.717, 1.165) is 15.3 Å². The average Bonchev–Trinajstić information content (AvgIpc) is 3.00. The Morgan fingerprint density at radius 3 is 2.60 bits per heavy atom. The van der Waals surface area contributed by atoms with Crippen LogP contribution in [-0.4, -0.2) is 27.3 Å². The molecule has 0 radical (unpaired) electrons. The molecule has 1 aliphatic heterocycles. The molecule has 2 aromatic rings. The fraction of sp³-hybridized carbons (Fsp3) is 0. The molecule has 0 saturated carbocycles. The van der Waals surface area contributed by atoms with Gasteiger partial charge in [0.2, 0.25) is 0 Å². The predicted molar refractivity (Wildman–Crippen MR) is 135 cm³/mol. The zero-order valence-corrected chi connectivity index (χ0v) is 21.0. The fourth-order valence-electron chi connectivity index (χ4n) is 2.25. The maximum atomic E-state index is 12.2. The third-order valence-corrected chi connectivity index (χ3v) is 6.58. The summed E-state index contributed by atoms with van der Waals surface area (Å²) < 4.78 is 1.60. The van der Waals surface area contributed by atoms with Crippen molar-refractivity contribution in [3.63, 3.8) is 0 Å². The van der Waals surface area contributed by atoms with E-state index < -0.39 is 10.8 Å². The van der Waals surface area contributed by atoms with Crippen LogP contribution < -0.4 is 5.32 Å². The summed E-state index contributed by atoms with van der Waals surface area (Å²) in [6, 6.07) is 6.00. The zero-order chi connectivity index (χ0) is 22.0. The largest absolute Gasteiger partial charge is 0.506 e. The van der Waals surface area contributed by atoms with E-state index in [1.807, 2.05) is 28.7 Å². The molecule has 1 aliphatic rings. The van der Waals surface area contributed by atoms with Crippen LogP contribution in [0.4, 0.5) is 5.69 Å². The molecule has 2 N–H and O–H groups in total. The number of benzene rings is 2. The lowest BCUT2D eigenvalue weighted by Gasteiger charge is -2.02. The molecule has 154 valence electrons. The number of nitro benzene ring substituents is 1. The Bertz CT molecular complexity index is 1170. The molecule has 8 nitrogen and oxygen atoms in total. The molecular weight excluding hydrogens is 681 g/mol. The number of nitro groups is 1. The second-order valence-corrected chi connectivity index (χ2v) is 9.88. The first-order valence-corrected chi connectivity index (χ1v) is 11.5. The van der Waals surface area contributed by atoms with Crippen LogP contribution in [0.2, 0.25) is 10.0 Å². The van der Waals surface area contributed by atoms with Crippen LogP contribution in [0.1, 0.15) is 11.1 Å². The predicted octanol–water partition coefficient (Wildman–Crippen LogP) is 5.41. The zero-order valence-electron chi connectivity index (χ0n) is 14.4. The highest BCUT2D eigenvalue weighted by Gasteiger charge is 2.25. The Morgan fingerprint density at radius 2 is 1.90 bits per heavy atom. The Morgan fingerprint density at radius 1 is 1.17 bits per heavy atom. The van der Waals surface area contributed by atoms with E-state index in [0.29, 0.717) is 9.13 Å². The monoisotopic (exact) mass is 688 g/mol. The van der Waals surface area contributed by atoms with E-state index in [9.17, 15) is 20.0 Å². The minimum absolute atomic E-state index is 0.0858. The smallest absolute Gasteiger partial charge is 0.288 e. The molecule has 0 aromatic heterocycles. The molecule has 0 unspecified atom stereocenters. The second kappa shape index (κ2) is 9.80. The Kier molecular flexibility index (Phi) is 7.60. The number of carbonyl (C=O) groups is 1. The maximum Gasteiger partial charge on any atom is 0.288 e. The average molecular weight is 689 g/mol. The molecule has 3 rings (SSSR count). The number of amidine groups is 1. The highest BCUT2D eigenvalue weighted by Crippen LogP contribution is 2.34. The summed E-state index contributed by atoms with van der Waals surface area (Å²) in [5.74, 6) is -0.364. The van der Waals surface area contributed by atoms with Gasteiger partial charge in [-0.3, -0.25) is 20.2 Å². The Balaban J connectivity index is 1.83. The van der Waals surface area contributed by atoms with E-state index in [-0.39, 0.29) is 37.1 Å². The quantitative estimate of drug-likeness (QED) is 0.147. The Hall–Kier alpha value is -1.42. The third-order valence-electron chi connectivity index (χ3n) is 3.60. The third kappa shape index (κ3) is 5.43.